The smallest absolute Gasteiger partial charge is 0.203 e. The van der Waals surface area contributed by atoms with Crippen LogP contribution in [0.25, 0.3) is 0 Å². The standard InChI is InChI=1S/C14H21NO3/c1-16-12-8-10-9(6-4-5-7-11(10)15)13(17-2)14(12)18-3/h8,11H,4-7,15H2,1-3H3. The molecule has 4 nitrogen and oxygen atoms in total. The van der Waals surface area contributed by atoms with Crippen LogP contribution in [0.15, 0.2) is 6.07 Å². The molecule has 0 radical (unpaired) electrons. The van der Waals surface area contributed by atoms with Crippen molar-refractivity contribution in [3.8, 4) is 17.2 Å². The van der Waals surface area contributed by atoms with E-state index < -0.39 is 0 Å². The van der Waals surface area contributed by atoms with E-state index in [-0.39, 0.29) is 6.04 Å². The summed E-state index contributed by atoms with van der Waals surface area (Å²) >= 11 is 0. The van der Waals surface area contributed by atoms with Gasteiger partial charge in [0.1, 0.15) is 0 Å². The predicted molar refractivity (Wildman–Crippen MR) is 70.6 cm³/mol. The molecule has 2 rings (SSSR count). The number of ether oxygens (including phenoxy) is 3. The zero-order chi connectivity index (χ0) is 13.1. The van der Waals surface area contributed by atoms with Crippen LogP contribution >= 0.6 is 0 Å². The van der Waals surface area contributed by atoms with Crippen molar-refractivity contribution >= 4 is 0 Å². The van der Waals surface area contributed by atoms with Crippen LogP contribution in [-0.4, -0.2) is 21.3 Å². The zero-order valence-electron chi connectivity index (χ0n) is 11.3. The van der Waals surface area contributed by atoms with Gasteiger partial charge in [-0.25, -0.2) is 0 Å². The average molecular weight is 251 g/mol. The fourth-order valence-corrected chi connectivity index (χ4v) is 2.64. The van der Waals surface area contributed by atoms with Crippen LogP contribution in [0.5, 0.6) is 17.2 Å². The van der Waals surface area contributed by atoms with Crippen LogP contribution < -0.4 is 19.9 Å². The third-order valence-electron chi connectivity index (χ3n) is 3.56. The number of hydrogen-bond donors (Lipinski definition) is 1. The molecule has 0 saturated carbocycles. The van der Waals surface area contributed by atoms with Gasteiger partial charge in [-0.2, -0.15) is 0 Å². The van der Waals surface area contributed by atoms with E-state index in [2.05, 4.69) is 0 Å². The zero-order valence-corrected chi connectivity index (χ0v) is 11.3. The summed E-state index contributed by atoms with van der Waals surface area (Å²) in [7, 11) is 4.92. The Morgan fingerprint density at radius 1 is 1.06 bits per heavy atom. The van der Waals surface area contributed by atoms with E-state index in [0.717, 1.165) is 37.0 Å². The Balaban J connectivity index is 2.64. The van der Waals surface area contributed by atoms with Gasteiger partial charge in [-0.1, -0.05) is 6.42 Å². The summed E-state index contributed by atoms with van der Waals surface area (Å²) in [6.45, 7) is 0. The van der Waals surface area contributed by atoms with Crippen molar-refractivity contribution in [2.75, 3.05) is 21.3 Å². The molecule has 0 spiro atoms. The van der Waals surface area contributed by atoms with E-state index in [1.807, 2.05) is 6.07 Å². The van der Waals surface area contributed by atoms with Crippen molar-refractivity contribution in [3.63, 3.8) is 0 Å². The van der Waals surface area contributed by atoms with Crippen molar-refractivity contribution in [2.24, 2.45) is 5.73 Å². The molecule has 1 aliphatic rings. The highest BCUT2D eigenvalue weighted by Crippen LogP contribution is 2.45. The molecule has 1 unspecified atom stereocenters. The van der Waals surface area contributed by atoms with Gasteiger partial charge < -0.3 is 19.9 Å². The van der Waals surface area contributed by atoms with Gasteiger partial charge in [0, 0.05) is 11.6 Å². The average Bonchev–Trinajstić information content (AvgIpc) is 2.58. The van der Waals surface area contributed by atoms with Crippen LogP contribution in [-0.2, 0) is 6.42 Å². The van der Waals surface area contributed by atoms with Gasteiger partial charge in [-0.05, 0) is 30.9 Å². The van der Waals surface area contributed by atoms with Crippen molar-refractivity contribution in [1.29, 1.82) is 0 Å². The van der Waals surface area contributed by atoms with Gasteiger partial charge in [0.05, 0.1) is 21.3 Å². The normalized spacial score (nSPS) is 18.8. The quantitative estimate of drug-likeness (QED) is 0.838. The van der Waals surface area contributed by atoms with Gasteiger partial charge in [-0.3, -0.25) is 0 Å². The van der Waals surface area contributed by atoms with Crippen LogP contribution in [0, 0.1) is 0 Å². The molecule has 0 bridgehead atoms. The van der Waals surface area contributed by atoms with Crippen LogP contribution in [0.3, 0.4) is 0 Å². The third-order valence-corrected chi connectivity index (χ3v) is 3.56. The molecular formula is C14H21NO3. The van der Waals surface area contributed by atoms with Gasteiger partial charge in [-0.15, -0.1) is 0 Å². The Morgan fingerprint density at radius 2 is 1.78 bits per heavy atom. The number of nitrogens with two attached hydrogens (primary N) is 1. The Kier molecular flexibility index (Phi) is 3.97. The third kappa shape index (κ3) is 2.12. The topological polar surface area (TPSA) is 53.7 Å². The fraction of sp³-hybridized carbons (Fsp3) is 0.571. The first kappa shape index (κ1) is 13.0. The van der Waals surface area contributed by atoms with E-state index >= 15 is 0 Å². The van der Waals surface area contributed by atoms with E-state index in [0.29, 0.717) is 11.5 Å². The van der Waals surface area contributed by atoms with Crippen molar-refractivity contribution in [2.45, 2.75) is 31.7 Å². The molecule has 1 aromatic rings. The number of benzene rings is 1. The van der Waals surface area contributed by atoms with Gasteiger partial charge in [0.2, 0.25) is 5.75 Å². The first-order valence-electron chi connectivity index (χ1n) is 6.30. The summed E-state index contributed by atoms with van der Waals surface area (Å²) in [5.74, 6) is 2.11. The molecule has 0 amide bonds. The summed E-state index contributed by atoms with van der Waals surface area (Å²) in [5, 5.41) is 0. The maximum atomic E-state index is 6.23. The summed E-state index contributed by atoms with van der Waals surface area (Å²) in [5.41, 5.74) is 8.53. The Morgan fingerprint density at radius 3 is 2.39 bits per heavy atom. The number of rotatable bonds is 3. The molecule has 0 heterocycles. The van der Waals surface area contributed by atoms with Crippen molar-refractivity contribution in [3.05, 3.63) is 17.2 Å². The first-order valence-corrected chi connectivity index (χ1v) is 6.30. The molecule has 0 saturated heterocycles. The summed E-state index contributed by atoms with van der Waals surface area (Å²) in [4.78, 5) is 0. The fourth-order valence-electron chi connectivity index (χ4n) is 2.64. The van der Waals surface area contributed by atoms with Crippen LogP contribution in [0.4, 0.5) is 0 Å². The minimum absolute atomic E-state index is 0.0520. The molecule has 100 valence electrons. The lowest BCUT2D eigenvalue weighted by molar-refractivity contribution is 0.321. The minimum Gasteiger partial charge on any atom is -0.493 e. The summed E-state index contributed by atoms with van der Waals surface area (Å²) in [6, 6.07) is 2.04. The Hall–Kier alpha value is -1.42. The summed E-state index contributed by atoms with van der Waals surface area (Å²) < 4.78 is 16.3. The molecule has 1 atom stereocenters. The SMILES string of the molecule is COc1cc2c(c(OC)c1OC)CCCCC2N. The molecule has 0 aromatic heterocycles. The van der Waals surface area contributed by atoms with E-state index in [4.69, 9.17) is 19.9 Å². The van der Waals surface area contributed by atoms with Crippen LogP contribution in [0.1, 0.15) is 36.4 Å². The Bertz CT molecular complexity index is 432. The highest BCUT2D eigenvalue weighted by atomic mass is 16.5. The molecule has 1 aromatic carbocycles. The maximum absolute atomic E-state index is 6.23. The summed E-state index contributed by atoms with van der Waals surface area (Å²) in [6.07, 6.45) is 4.26. The molecule has 18 heavy (non-hydrogen) atoms. The largest absolute Gasteiger partial charge is 0.493 e. The van der Waals surface area contributed by atoms with Crippen molar-refractivity contribution < 1.29 is 14.2 Å². The molecule has 1 aliphatic carbocycles. The van der Waals surface area contributed by atoms with Gasteiger partial charge in [0.15, 0.2) is 11.5 Å². The predicted octanol–water partition coefficient (Wildman–Crippen LogP) is 2.44. The molecule has 2 N–H and O–H groups in total. The number of fused-ring (bicyclic) bond motifs is 1. The molecule has 0 fully saturated rings. The Labute approximate surface area is 108 Å². The van der Waals surface area contributed by atoms with Crippen molar-refractivity contribution in [1.82, 2.24) is 0 Å². The van der Waals surface area contributed by atoms with E-state index in [9.17, 15) is 0 Å². The maximum Gasteiger partial charge on any atom is 0.203 e. The van der Waals surface area contributed by atoms with Gasteiger partial charge >= 0.3 is 0 Å². The number of methoxy groups -OCH3 is 3. The first-order chi connectivity index (χ1) is 8.72. The second-order valence-electron chi connectivity index (χ2n) is 4.57. The minimum atomic E-state index is 0.0520. The lowest BCUT2D eigenvalue weighted by Gasteiger charge is -2.20. The highest BCUT2D eigenvalue weighted by molar-refractivity contribution is 5.60. The molecule has 4 heteroatoms. The highest BCUT2D eigenvalue weighted by Gasteiger charge is 2.24. The molecule has 0 aliphatic heterocycles. The lowest BCUT2D eigenvalue weighted by Crippen LogP contribution is -2.12. The number of hydrogen-bond acceptors (Lipinski definition) is 4. The monoisotopic (exact) mass is 251 g/mol. The van der Waals surface area contributed by atoms with E-state index in [1.165, 1.54) is 5.56 Å². The van der Waals surface area contributed by atoms with E-state index in [1.54, 1.807) is 21.3 Å². The lowest BCUT2D eigenvalue weighted by atomic mass is 9.97. The van der Waals surface area contributed by atoms with Gasteiger partial charge in [0.25, 0.3) is 0 Å². The second kappa shape index (κ2) is 5.48. The molecular weight excluding hydrogens is 230 g/mol. The van der Waals surface area contributed by atoms with Crippen LogP contribution in [0.2, 0.25) is 0 Å². The second-order valence-corrected chi connectivity index (χ2v) is 4.57.